The molecule has 0 aromatic carbocycles. The van der Waals surface area contributed by atoms with Gasteiger partial charge in [-0.3, -0.25) is 14.7 Å². The van der Waals surface area contributed by atoms with Crippen molar-refractivity contribution < 1.29 is 9.59 Å². The lowest BCUT2D eigenvalue weighted by Gasteiger charge is -2.37. The number of carbonyl (C=O) groups is 2. The predicted molar refractivity (Wildman–Crippen MR) is 91.4 cm³/mol. The standard InChI is InChI=1S/C18H28N4O2/c1-2-4-17(23)22-8-3-5-15(13-22)18(24)21-9-6-14(7-10-21)16-11-19-20-12-16/h11-12,14-15H,2-10,13H2,1H3,(H,19,20)/t15-/m1/s1. The van der Waals surface area contributed by atoms with E-state index in [4.69, 9.17) is 0 Å². The van der Waals surface area contributed by atoms with E-state index in [-0.39, 0.29) is 17.7 Å². The lowest BCUT2D eigenvalue weighted by molar-refractivity contribution is -0.141. The molecule has 6 heteroatoms. The SMILES string of the molecule is CCCC(=O)N1CCC[C@@H](C(=O)N2CCC(c3cn[nH]c3)CC2)C1. The first kappa shape index (κ1) is 17.0. The summed E-state index contributed by atoms with van der Waals surface area (Å²) in [4.78, 5) is 28.9. The minimum atomic E-state index is -0.00923. The molecule has 1 N–H and O–H groups in total. The van der Waals surface area contributed by atoms with Crippen LogP contribution in [0.1, 0.15) is 56.9 Å². The maximum absolute atomic E-state index is 12.8. The Kier molecular flexibility index (Phi) is 5.53. The summed E-state index contributed by atoms with van der Waals surface area (Å²) in [7, 11) is 0. The third kappa shape index (κ3) is 3.79. The number of aromatic nitrogens is 2. The van der Waals surface area contributed by atoms with Crippen LogP contribution in [0.25, 0.3) is 0 Å². The molecule has 1 atom stereocenters. The van der Waals surface area contributed by atoms with Crippen LogP contribution in [0.2, 0.25) is 0 Å². The first-order valence-electron chi connectivity index (χ1n) is 9.24. The molecule has 24 heavy (non-hydrogen) atoms. The molecule has 2 aliphatic heterocycles. The topological polar surface area (TPSA) is 69.3 Å². The van der Waals surface area contributed by atoms with Crippen molar-refractivity contribution in [2.75, 3.05) is 26.2 Å². The van der Waals surface area contributed by atoms with E-state index in [9.17, 15) is 9.59 Å². The van der Waals surface area contributed by atoms with Crippen molar-refractivity contribution in [2.45, 2.75) is 51.4 Å². The number of amides is 2. The first-order valence-corrected chi connectivity index (χ1v) is 9.24. The van der Waals surface area contributed by atoms with Crippen molar-refractivity contribution in [1.82, 2.24) is 20.0 Å². The average Bonchev–Trinajstić information content (AvgIpc) is 3.16. The number of piperidine rings is 2. The van der Waals surface area contributed by atoms with Crippen LogP contribution >= 0.6 is 0 Å². The Morgan fingerprint density at radius 1 is 1.21 bits per heavy atom. The highest BCUT2D eigenvalue weighted by Crippen LogP contribution is 2.29. The maximum Gasteiger partial charge on any atom is 0.227 e. The monoisotopic (exact) mass is 332 g/mol. The molecule has 1 aromatic rings. The Labute approximate surface area is 143 Å². The van der Waals surface area contributed by atoms with Gasteiger partial charge in [-0.05, 0) is 43.6 Å². The molecule has 2 amide bonds. The van der Waals surface area contributed by atoms with Crippen LogP contribution in [0.5, 0.6) is 0 Å². The zero-order chi connectivity index (χ0) is 16.9. The fourth-order valence-electron chi connectivity index (χ4n) is 3.95. The van der Waals surface area contributed by atoms with E-state index in [1.165, 1.54) is 5.56 Å². The number of nitrogens with one attached hydrogen (secondary N) is 1. The number of aromatic amines is 1. The second-order valence-corrected chi connectivity index (χ2v) is 7.06. The van der Waals surface area contributed by atoms with Crippen LogP contribution in [-0.2, 0) is 9.59 Å². The molecular weight excluding hydrogens is 304 g/mol. The van der Waals surface area contributed by atoms with E-state index in [2.05, 4.69) is 10.2 Å². The molecule has 132 valence electrons. The fraction of sp³-hybridized carbons (Fsp3) is 0.722. The van der Waals surface area contributed by atoms with Gasteiger partial charge in [-0.15, -0.1) is 0 Å². The van der Waals surface area contributed by atoms with Crippen LogP contribution in [0, 0.1) is 5.92 Å². The highest BCUT2D eigenvalue weighted by molar-refractivity contribution is 5.81. The van der Waals surface area contributed by atoms with Gasteiger partial charge in [-0.2, -0.15) is 5.10 Å². The third-order valence-corrected chi connectivity index (χ3v) is 5.38. The summed E-state index contributed by atoms with van der Waals surface area (Å²) < 4.78 is 0. The second-order valence-electron chi connectivity index (χ2n) is 7.06. The molecule has 2 fully saturated rings. The van der Waals surface area contributed by atoms with Crippen molar-refractivity contribution in [2.24, 2.45) is 5.92 Å². The smallest absolute Gasteiger partial charge is 0.227 e. The Hall–Kier alpha value is -1.85. The Morgan fingerprint density at radius 2 is 2.00 bits per heavy atom. The molecule has 3 rings (SSSR count). The van der Waals surface area contributed by atoms with Crippen LogP contribution in [-0.4, -0.2) is 58.0 Å². The summed E-state index contributed by atoms with van der Waals surface area (Å²) >= 11 is 0. The zero-order valence-corrected chi connectivity index (χ0v) is 14.5. The highest BCUT2D eigenvalue weighted by atomic mass is 16.2. The third-order valence-electron chi connectivity index (χ3n) is 5.38. The van der Waals surface area contributed by atoms with Crippen molar-refractivity contribution in [3.8, 4) is 0 Å². The van der Waals surface area contributed by atoms with E-state index >= 15 is 0 Å². The molecule has 0 bridgehead atoms. The number of hydrogen-bond donors (Lipinski definition) is 1. The molecule has 0 spiro atoms. The molecule has 1 aromatic heterocycles. The number of nitrogens with zero attached hydrogens (tertiary/aromatic N) is 3. The zero-order valence-electron chi connectivity index (χ0n) is 14.5. The van der Waals surface area contributed by atoms with Crippen LogP contribution in [0.3, 0.4) is 0 Å². The van der Waals surface area contributed by atoms with E-state index in [0.717, 1.165) is 51.7 Å². The summed E-state index contributed by atoms with van der Waals surface area (Å²) in [5.74, 6) is 0.940. The lowest BCUT2D eigenvalue weighted by atomic mass is 9.90. The van der Waals surface area contributed by atoms with E-state index < -0.39 is 0 Å². The summed E-state index contributed by atoms with van der Waals surface area (Å²) in [5, 5.41) is 6.89. The highest BCUT2D eigenvalue weighted by Gasteiger charge is 2.33. The first-order chi connectivity index (χ1) is 11.7. The minimum Gasteiger partial charge on any atom is -0.342 e. The number of H-pyrrole nitrogens is 1. The molecule has 0 saturated carbocycles. The molecule has 0 radical (unpaired) electrons. The normalized spacial score (nSPS) is 22.6. The van der Waals surface area contributed by atoms with Gasteiger partial charge < -0.3 is 9.80 Å². The Balaban J connectivity index is 1.52. The summed E-state index contributed by atoms with van der Waals surface area (Å²) in [5.41, 5.74) is 1.25. The molecular formula is C18H28N4O2. The van der Waals surface area contributed by atoms with Gasteiger partial charge in [0.2, 0.25) is 11.8 Å². The molecule has 0 aliphatic carbocycles. The molecule has 2 aliphatic rings. The quantitative estimate of drug-likeness (QED) is 0.918. The lowest BCUT2D eigenvalue weighted by Crippen LogP contribution is -2.48. The van der Waals surface area contributed by atoms with Gasteiger partial charge in [0, 0.05) is 38.8 Å². The number of hydrogen-bond acceptors (Lipinski definition) is 3. The Bertz CT molecular complexity index is 549. The van der Waals surface area contributed by atoms with Gasteiger partial charge in [-0.25, -0.2) is 0 Å². The van der Waals surface area contributed by atoms with Crippen LogP contribution in [0.4, 0.5) is 0 Å². The van der Waals surface area contributed by atoms with Gasteiger partial charge in [0.1, 0.15) is 0 Å². The van der Waals surface area contributed by atoms with Crippen LogP contribution in [0.15, 0.2) is 12.4 Å². The largest absolute Gasteiger partial charge is 0.342 e. The van der Waals surface area contributed by atoms with Crippen molar-refractivity contribution in [3.63, 3.8) is 0 Å². The molecule has 0 unspecified atom stereocenters. The van der Waals surface area contributed by atoms with E-state index in [1.54, 1.807) is 0 Å². The Morgan fingerprint density at radius 3 is 2.67 bits per heavy atom. The minimum absolute atomic E-state index is 0.00923. The molecule has 6 nitrogen and oxygen atoms in total. The summed E-state index contributed by atoms with van der Waals surface area (Å²) in [6, 6.07) is 0. The predicted octanol–water partition coefficient (Wildman–Crippen LogP) is 2.15. The van der Waals surface area contributed by atoms with E-state index in [1.807, 2.05) is 29.1 Å². The van der Waals surface area contributed by atoms with Gasteiger partial charge in [0.05, 0.1) is 12.1 Å². The molecule has 2 saturated heterocycles. The summed E-state index contributed by atoms with van der Waals surface area (Å²) in [6.07, 6.45) is 9.16. The summed E-state index contributed by atoms with van der Waals surface area (Å²) in [6.45, 7) is 5.07. The molecule has 3 heterocycles. The number of rotatable bonds is 4. The second kappa shape index (κ2) is 7.81. The van der Waals surface area contributed by atoms with Gasteiger partial charge in [0.15, 0.2) is 0 Å². The van der Waals surface area contributed by atoms with Gasteiger partial charge in [-0.1, -0.05) is 6.92 Å². The van der Waals surface area contributed by atoms with Crippen molar-refractivity contribution in [1.29, 1.82) is 0 Å². The van der Waals surface area contributed by atoms with Gasteiger partial charge in [0.25, 0.3) is 0 Å². The number of likely N-dealkylation sites (tertiary alicyclic amines) is 2. The number of carbonyl (C=O) groups excluding carboxylic acids is 2. The van der Waals surface area contributed by atoms with Crippen molar-refractivity contribution >= 4 is 11.8 Å². The fourth-order valence-corrected chi connectivity index (χ4v) is 3.95. The maximum atomic E-state index is 12.8. The van der Waals surface area contributed by atoms with E-state index in [0.29, 0.717) is 18.9 Å². The van der Waals surface area contributed by atoms with Gasteiger partial charge >= 0.3 is 0 Å². The van der Waals surface area contributed by atoms with Crippen LogP contribution < -0.4 is 0 Å². The van der Waals surface area contributed by atoms with Crippen molar-refractivity contribution in [3.05, 3.63) is 18.0 Å². The average molecular weight is 332 g/mol.